The van der Waals surface area contributed by atoms with Gasteiger partial charge in [-0.1, -0.05) is 0 Å². The minimum atomic E-state index is -4.50. The van der Waals surface area contributed by atoms with Crippen LogP contribution in [0.2, 0.25) is 0 Å². The van der Waals surface area contributed by atoms with E-state index in [1.165, 1.54) is 13.2 Å². The fourth-order valence-electron chi connectivity index (χ4n) is 0.775. The van der Waals surface area contributed by atoms with Gasteiger partial charge in [0.05, 0.1) is 7.11 Å². The van der Waals surface area contributed by atoms with Crippen molar-refractivity contribution in [2.24, 2.45) is 0 Å². The Bertz CT molecular complexity index is 311. The third kappa shape index (κ3) is 2.24. The topological polar surface area (TPSA) is 48.1 Å². The van der Waals surface area contributed by atoms with Crippen LogP contribution in [0.25, 0.3) is 0 Å². The molecule has 72 valence electrons. The number of aromatic nitrogens is 1. The van der Waals surface area contributed by atoms with Gasteiger partial charge in [0.25, 0.3) is 0 Å². The molecule has 1 aromatic rings. The molecule has 6 heteroatoms. The Kier molecular flexibility index (Phi) is 2.31. The SMILES string of the molecule is COc1cc(N)cc(C(F)(F)F)n1. The van der Waals surface area contributed by atoms with Gasteiger partial charge in [-0.3, -0.25) is 0 Å². The first-order valence-corrected chi connectivity index (χ1v) is 3.32. The average molecular weight is 192 g/mol. The molecular weight excluding hydrogens is 185 g/mol. The van der Waals surface area contributed by atoms with Crippen molar-refractivity contribution in [3.05, 3.63) is 17.8 Å². The second kappa shape index (κ2) is 3.12. The summed E-state index contributed by atoms with van der Waals surface area (Å²) in [6.07, 6.45) is -4.50. The lowest BCUT2D eigenvalue weighted by Gasteiger charge is -2.07. The van der Waals surface area contributed by atoms with Crippen molar-refractivity contribution >= 4 is 5.69 Å². The summed E-state index contributed by atoms with van der Waals surface area (Å²) in [5, 5.41) is 0. The first-order chi connectivity index (χ1) is 5.93. The molecule has 0 aliphatic heterocycles. The van der Waals surface area contributed by atoms with Crippen LogP contribution in [0.1, 0.15) is 5.69 Å². The lowest BCUT2D eigenvalue weighted by molar-refractivity contribution is -0.141. The molecule has 0 atom stereocenters. The maximum atomic E-state index is 12.1. The molecule has 0 aliphatic carbocycles. The molecule has 0 spiro atoms. The number of rotatable bonds is 1. The summed E-state index contributed by atoms with van der Waals surface area (Å²) in [6, 6.07) is 1.97. The van der Waals surface area contributed by atoms with Gasteiger partial charge in [0.2, 0.25) is 5.88 Å². The predicted octanol–water partition coefficient (Wildman–Crippen LogP) is 1.69. The maximum Gasteiger partial charge on any atom is 0.433 e. The highest BCUT2D eigenvalue weighted by Crippen LogP contribution is 2.30. The molecule has 0 fully saturated rings. The molecule has 2 N–H and O–H groups in total. The maximum absolute atomic E-state index is 12.1. The number of anilines is 1. The van der Waals surface area contributed by atoms with Crippen LogP contribution in [0.3, 0.4) is 0 Å². The molecule has 13 heavy (non-hydrogen) atoms. The van der Waals surface area contributed by atoms with Crippen LogP contribution in [0.4, 0.5) is 18.9 Å². The summed E-state index contributed by atoms with van der Waals surface area (Å²) in [7, 11) is 1.22. The van der Waals surface area contributed by atoms with Crippen LogP contribution in [-0.2, 0) is 6.18 Å². The Morgan fingerprint density at radius 3 is 2.46 bits per heavy atom. The van der Waals surface area contributed by atoms with Crippen LogP contribution in [0, 0.1) is 0 Å². The zero-order valence-corrected chi connectivity index (χ0v) is 6.72. The van der Waals surface area contributed by atoms with Gasteiger partial charge in [-0.25, -0.2) is 4.98 Å². The highest BCUT2D eigenvalue weighted by Gasteiger charge is 2.33. The third-order valence-corrected chi connectivity index (χ3v) is 1.32. The molecule has 0 aromatic carbocycles. The summed E-state index contributed by atoms with van der Waals surface area (Å²) in [5.41, 5.74) is 4.13. The van der Waals surface area contributed by atoms with Gasteiger partial charge >= 0.3 is 6.18 Å². The Morgan fingerprint density at radius 2 is 2.00 bits per heavy atom. The lowest BCUT2D eigenvalue weighted by atomic mass is 10.3. The van der Waals surface area contributed by atoms with Crippen molar-refractivity contribution in [2.75, 3.05) is 12.8 Å². The van der Waals surface area contributed by atoms with Gasteiger partial charge in [0.1, 0.15) is 0 Å². The van der Waals surface area contributed by atoms with Crippen LogP contribution in [0.5, 0.6) is 5.88 Å². The van der Waals surface area contributed by atoms with Gasteiger partial charge < -0.3 is 10.5 Å². The molecule has 1 aromatic heterocycles. The van der Waals surface area contributed by atoms with E-state index in [9.17, 15) is 13.2 Å². The number of halogens is 3. The highest BCUT2D eigenvalue weighted by atomic mass is 19.4. The highest BCUT2D eigenvalue weighted by molar-refractivity contribution is 5.43. The van der Waals surface area contributed by atoms with E-state index < -0.39 is 11.9 Å². The van der Waals surface area contributed by atoms with E-state index in [2.05, 4.69) is 9.72 Å². The number of methoxy groups -OCH3 is 1. The predicted molar refractivity (Wildman–Crippen MR) is 40.2 cm³/mol. The smallest absolute Gasteiger partial charge is 0.433 e. The second-order valence-corrected chi connectivity index (χ2v) is 2.33. The molecular formula is C7H7F3N2O. The Labute approximate surface area is 72.3 Å². The molecule has 0 saturated carbocycles. The monoisotopic (exact) mass is 192 g/mol. The Balaban J connectivity index is 3.16. The van der Waals surface area contributed by atoms with Crippen molar-refractivity contribution < 1.29 is 17.9 Å². The van der Waals surface area contributed by atoms with Crippen molar-refractivity contribution in [3.63, 3.8) is 0 Å². The number of pyridine rings is 1. The van der Waals surface area contributed by atoms with Crippen molar-refractivity contribution in [1.29, 1.82) is 0 Å². The van der Waals surface area contributed by atoms with Crippen molar-refractivity contribution in [2.45, 2.75) is 6.18 Å². The zero-order valence-electron chi connectivity index (χ0n) is 6.72. The van der Waals surface area contributed by atoms with Crippen LogP contribution < -0.4 is 10.5 Å². The average Bonchev–Trinajstić information content (AvgIpc) is 2.01. The number of nitrogens with zero attached hydrogens (tertiary/aromatic N) is 1. The zero-order chi connectivity index (χ0) is 10.1. The minimum absolute atomic E-state index is 0.0285. The van der Waals surface area contributed by atoms with Crippen LogP contribution in [0.15, 0.2) is 12.1 Å². The van der Waals surface area contributed by atoms with E-state index >= 15 is 0 Å². The third-order valence-electron chi connectivity index (χ3n) is 1.32. The van der Waals surface area contributed by atoms with E-state index in [-0.39, 0.29) is 11.6 Å². The minimum Gasteiger partial charge on any atom is -0.481 e. The van der Waals surface area contributed by atoms with E-state index in [1.54, 1.807) is 0 Å². The normalized spacial score (nSPS) is 11.4. The molecule has 0 saturated heterocycles. The van der Waals surface area contributed by atoms with E-state index in [0.29, 0.717) is 0 Å². The van der Waals surface area contributed by atoms with E-state index in [1.807, 2.05) is 0 Å². The van der Waals surface area contributed by atoms with Gasteiger partial charge in [-0.05, 0) is 6.07 Å². The largest absolute Gasteiger partial charge is 0.481 e. The molecule has 3 nitrogen and oxygen atoms in total. The van der Waals surface area contributed by atoms with Gasteiger partial charge in [-0.15, -0.1) is 0 Å². The van der Waals surface area contributed by atoms with Crippen LogP contribution >= 0.6 is 0 Å². The number of hydrogen-bond donors (Lipinski definition) is 1. The molecule has 0 aliphatic rings. The van der Waals surface area contributed by atoms with E-state index in [4.69, 9.17) is 5.73 Å². The first kappa shape index (κ1) is 9.63. The quantitative estimate of drug-likeness (QED) is 0.736. The standard InChI is InChI=1S/C7H7F3N2O/c1-13-6-3-4(11)2-5(12-6)7(8,9)10/h2-3H,1H3,(H2,11,12). The number of ether oxygens (including phenoxy) is 1. The molecule has 1 heterocycles. The van der Waals surface area contributed by atoms with Crippen molar-refractivity contribution in [1.82, 2.24) is 4.98 Å². The summed E-state index contributed by atoms with van der Waals surface area (Å²) in [4.78, 5) is 3.20. The van der Waals surface area contributed by atoms with Crippen molar-refractivity contribution in [3.8, 4) is 5.88 Å². The number of alkyl halides is 3. The molecule has 0 bridgehead atoms. The first-order valence-electron chi connectivity index (χ1n) is 3.32. The van der Waals surface area contributed by atoms with Gasteiger partial charge in [-0.2, -0.15) is 13.2 Å². The summed E-state index contributed by atoms with van der Waals surface area (Å²) in [5.74, 6) is -0.146. The molecule has 1 rings (SSSR count). The van der Waals surface area contributed by atoms with E-state index in [0.717, 1.165) is 6.07 Å². The second-order valence-electron chi connectivity index (χ2n) is 2.33. The number of nitrogen functional groups attached to an aromatic ring is 1. The summed E-state index contributed by atoms with van der Waals surface area (Å²) in [6.45, 7) is 0. The summed E-state index contributed by atoms with van der Waals surface area (Å²) < 4.78 is 40.9. The number of hydrogen-bond acceptors (Lipinski definition) is 3. The Hall–Kier alpha value is -1.46. The van der Waals surface area contributed by atoms with Gasteiger partial charge in [0.15, 0.2) is 5.69 Å². The molecule has 0 unspecified atom stereocenters. The van der Waals surface area contributed by atoms with Crippen LogP contribution in [-0.4, -0.2) is 12.1 Å². The lowest BCUT2D eigenvalue weighted by Crippen LogP contribution is -2.09. The molecule has 0 amide bonds. The number of nitrogens with two attached hydrogens (primary N) is 1. The Morgan fingerprint density at radius 1 is 1.38 bits per heavy atom. The fraction of sp³-hybridized carbons (Fsp3) is 0.286. The fourth-order valence-corrected chi connectivity index (χ4v) is 0.775. The van der Waals surface area contributed by atoms with Gasteiger partial charge in [0, 0.05) is 11.8 Å². The summed E-state index contributed by atoms with van der Waals surface area (Å²) >= 11 is 0. The molecule has 0 radical (unpaired) electrons.